The number of para-hydroxylation sites is 1. The Labute approximate surface area is 121 Å². The van der Waals surface area contributed by atoms with Crippen molar-refractivity contribution in [3.05, 3.63) is 29.8 Å². The Bertz CT molecular complexity index is 415. The molecule has 1 saturated carbocycles. The molecule has 1 aliphatic heterocycles. The molecule has 0 bridgehead atoms. The molecule has 2 aliphatic rings. The van der Waals surface area contributed by atoms with Gasteiger partial charge in [-0.25, -0.2) is 0 Å². The molecule has 1 fully saturated rings. The summed E-state index contributed by atoms with van der Waals surface area (Å²) in [7, 11) is 0. The summed E-state index contributed by atoms with van der Waals surface area (Å²) in [5, 5.41) is 3.61. The highest BCUT2D eigenvalue weighted by Crippen LogP contribution is 2.31. The lowest BCUT2D eigenvalue weighted by Gasteiger charge is -2.27. The normalized spacial score (nSPS) is 23.1. The standard InChI is InChI=1S/C17H25NO2/c1-2-6-14(7-3-1)19-13-11-18-16-10-12-20-17-9-5-4-8-15(16)17/h4-5,8-9,14,16,18H,1-3,6-7,10-13H2. The van der Waals surface area contributed by atoms with Gasteiger partial charge < -0.3 is 14.8 Å². The van der Waals surface area contributed by atoms with Gasteiger partial charge in [-0.05, 0) is 18.9 Å². The third-order valence-electron chi connectivity index (χ3n) is 4.36. The lowest BCUT2D eigenvalue weighted by Crippen LogP contribution is -2.31. The highest BCUT2D eigenvalue weighted by Gasteiger charge is 2.20. The molecule has 20 heavy (non-hydrogen) atoms. The minimum Gasteiger partial charge on any atom is -0.493 e. The largest absolute Gasteiger partial charge is 0.493 e. The molecule has 110 valence electrons. The molecule has 1 aliphatic carbocycles. The van der Waals surface area contributed by atoms with Gasteiger partial charge in [-0.2, -0.15) is 0 Å². The van der Waals surface area contributed by atoms with E-state index in [-0.39, 0.29) is 0 Å². The number of nitrogens with one attached hydrogen (secondary N) is 1. The molecule has 3 heteroatoms. The van der Waals surface area contributed by atoms with Crippen molar-refractivity contribution in [2.45, 2.75) is 50.7 Å². The average molecular weight is 275 g/mol. The number of hydrogen-bond donors (Lipinski definition) is 1. The van der Waals surface area contributed by atoms with Gasteiger partial charge in [0, 0.05) is 24.6 Å². The Morgan fingerprint density at radius 1 is 1.10 bits per heavy atom. The van der Waals surface area contributed by atoms with Gasteiger partial charge in [0.05, 0.1) is 19.3 Å². The minimum atomic E-state index is 0.412. The van der Waals surface area contributed by atoms with Gasteiger partial charge >= 0.3 is 0 Å². The molecular weight excluding hydrogens is 250 g/mol. The SMILES string of the molecule is c1ccc2c(c1)OCCC2NCCOC1CCCCC1. The van der Waals surface area contributed by atoms with E-state index < -0.39 is 0 Å². The van der Waals surface area contributed by atoms with Crippen LogP contribution < -0.4 is 10.1 Å². The van der Waals surface area contributed by atoms with E-state index in [9.17, 15) is 0 Å². The van der Waals surface area contributed by atoms with Crippen LogP contribution in [0.15, 0.2) is 24.3 Å². The van der Waals surface area contributed by atoms with Crippen molar-refractivity contribution in [1.82, 2.24) is 5.32 Å². The molecule has 1 heterocycles. The Morgan fingerprint density at radius 3 is 2.85 bits per heavy atom. The molecule has 1 aromatic rings. The lowest BCUT2D eigenvalue weighted by atomic mass is 9.98. The number of ether oxygens (including phenoxy) is 2. The molecule has 0 aromatic heterocycles. The van der Waals surface area contributed by atoms with Crippen LogP contribution in [0.3, 0.4) is 0 Å². The molecule has 3 nitrogen and oxygen atoms in total. The maximum Gasteiger partial charge on any atom is 0.124 e. The Morgan fingerprint density at radius 2 is 1.95 bits per heavy atom. The molecule has 3 rings (SSSR count). The zero-order chi connectivity index (χ0) is 13.6. The molecule has 1 aromatic carbocycles. The summed E-state index contributed by atoms with van der Waals surface area (Å²) in [5.41, 5.74) is 1.29. The van der Waals surface area contributed by atoms with Crippen molar-refractivity contribution in [3.8, 4) is 5.75 Å². The Balaban J connectivity index is 1.43. The molecule has 0 saturated heterocycles. The van der Waals surface area contributed by atoms with Gasteiger partial charge in [0.25, 0.3) is 0 Å². The molecule has 1 N–H and O–H groups in total. The van der Waals surface area contributed by atoms with Crippen molar-refractivity contribution >= 4 is 0 Å². The predicted octanol–water partition coefficient (Wildman–Crippen LogP) is 3.45. The fraction of sp³-hybridized carbons (Fsp3) is 0.647. The zero-order valence-corrected chi connectivity index (χ0v) is 12.1. The molecule has 0 radical (unpaired) electrons. The smallest absolute Gasteiger partial charge is 0.124 e. The zero-order valence-electron chi connectivity index (χ0n) is 12.1. The Kier molecular flexibility index (Phi) is 4.93. The van der Waals surface area contributed by atoms with Gasteiger partial charge in [-0.15, -0.1) is 0 Å². The number of fused-ring (bicyclic) bond motifs is 1. The van der Waals surface area contributed by atoms with Gasteiger partial charge in [0.1, 0.15) is 5.75 Å². The van der Waals surface area contributed by atoms with E-state index in [1.54, 1.807) is 0 Å². The summed E-state index contributed by atoms with van der Waals surface area (Å²) in [6, 6.07) is 8.75. The van der Waals surface area contributed by atoms with Crippen molar-refractivity contribution in [2.24, 2.45) is 0 Å². The predicted molar refractivity (Wildman–Crippen MR) is 80.1 cm³/mol. The minimum absolute atomic E-state index is 0.412. The summed E-state index contributed by atoms with van der Waals surface area (Å²) in [6.07, 6.45) is 8.11. The van der Waals surface area contributed by atoms with E-state index in [0.717, 1.165) is 31.9 Å². The molecule has 1 atom stereocenters. The summed E-state index contributed by atoms with van der Waals surface area (Å²) in [6.45, 7) is 2.55. The highest BCUT2D eigenvalue weighted by molar-refractivity contribution is 5.37. The van der Waals surface area contributed by atoms with Crippen molar-refractivity contribution < 1.29 is 9.47 Å². The first kappa shape index (κ1) is 13.9. The molecule has 0 amide bonds. The van der Waals surface area contributed by atoms with E-state index in [2.05, 4.69) is 23.5 Å². The molecule has 0 spiro atoms. The van der Waals surface area contributed by atoms with Crippen LogP contribution in [-0.2, 0) is 4.74 Å². The summed E-state index contributed by atoms with van der Waals surface area (Å²) < 4.78 is 11.7. The average Bonchev–Trinajstić information content (AvgIpc) is 2.53. The van der Waals surface area contributed by atoms with Gasteiger partial charge in [-0.1, -0.05) is 37.5 Å². The van der Waals surface area contributed by atoms with Crippen LogP contribution >= 0.6 is 0 Å². The fourth-order valence-electron chi connectivity index (χ4n) is 3.24. The van der Waals surface area contributed by atoms with Gasteiger partial charge in [0.15, 0.2) is 0 Å². The second-order valence-electron chi connectivity index (χ2n) is 5.81. The number of hydrogen-bond acceptors (Lipinski definition) is 3. The topological polar surface area (TPSA) is 30.5 Å². The Hall–Kier alpha value is -1.06. The van der Waals surface area contributed by atoms with E-state index in [4.69, 9.17) is 9.47 Å². The van der Waals surface area contributed by atoms with E-state index in [1.165, 1.54) is 37.7 Å². The monoisotopic (exact) mass is 275 g/mol. The number of benzene rings is 1. The third-order valence-corrected chi connectivity index (χ3v) is 4.36. The first-order valence-electron chi connectivity index (χ1n) is 8.00. The van der Waals surface area contributed by atoms with Crippen molar-refractivity contribution in [3.63, 3.8) is 0 Å². The van der Waals surface area contributed by atoms with Crippen LogP contribution in [0.5, 0.6) is 5.75 Å². The van der Waals surface area contributed by atoms with E-state index in [1.807, 2.05) is 6.07 Å². The second kappa shape index (κ2) is 7.09. The molecular formula is C17H25NO2. The summed E-state index contributed by atoms with van der Waals surface area (Å²) >= 11 is 0. The third kappa shape index (κ3) is 3.53. The first-order valence-corrected chi connectivity index (χ1v) is 8.00. The van der Waals surface area contributed by atoms with Crippen molar-refractivity contribution in [1.29, 1.82) is 0 Å². The van der Waals surface area contributed by atoms with Crippen LogP contribution in [0.1, 0.15) is 50.1 Å². The van der Waals surface area contributed by atoms with Crippen molar-refractivity contribution in [2.75, 3.05) is 19.8 Å². The van der Waals surface area contributed by atoms with Gasteiger partial charge in [-0.3, -0.25) is 0 Å². The second-order valence-corrected chi connectivity index (χ2v) is 5.81. The van der Waals surface area contributed by atoms with Crippen LogP contribution in [0.25, 0.3) is 0 Å². The maximum absolute atomic E-state index is 5.97. The first-order chi connectivity index (χ1) is 9.93. The van der Waals surface area contributed by atoms with Crippen LogP contribution in [-0.4, -0.2) is 25.9 Å². The van der Waals surface area contributed by atoms with Gasteiger partial charge in [0.2, 0.25) is 0 Å². The van der Waals surface area contributed by atoms with Crippen LogP contribution in [0, 0.1) is 0 Å². The summed E-state index contributed by atoms with van der Waals surface area (Å²) in [4.78, 5) is 0. The maximum atomic E-state index is 5.97. The summed E-state index contributed by atoms with van der Waals surface area (Å²) in [5.74, 6) is 1.03. The quantitative estimate of drug-likeness (QED) is 0.835. The number of rotatable bonds is 5. The lowest BCUT2D eigenvalue weighted by molar-refractivity contribution is 0.0288. The fourth-order valence-corrected chi connectivity index (χ4v) is 3.24. The van der Waals surface area contributed by atoms with Crippen LogP contribution in [0.2, 0.25) is 0 Å². The highest BCUT2D eigenvalue weighted by atomic mass is 16.5. The van der Waals surface area contributed by atoms with E-state index >= 15 is 0 Å². The van der Waals surface area contributed by atoms with E-state index in [0.29, 0.717) is 12.1 Å². The molecule has 1 unspecified atom stereocenters. The van der Waals surface area contributed by atoms with Crippen LogP contribution in [0.4, 0.5) is 0 Å².